The Balaban J connectivity index is 2.83. The zero-order valence-corrected chi connectivity index (χ0v) is 10.9. The summed E-state index contributed by atoms with van der Waals surface area (Å²) < 4.78 is 0. The highest BCUT2D eigenvalue weighted by atomic mass is 16.6. The molecule has 9 nitrogen and oxygen atoms in total. The molecular formula is C11H14N4O5. The molecule has 3 N–H and O–H groups in total. The fourth-order valence-electron chi connectivity index (χ4n) is 1.41. The quantitative estimate of drug-likeness (QED) is 0.514. The minimum absolute atomic E-state index is 0.0244. The van der Waals surface area contributed by atoms with Gasteiger partial charge in [-0.25, -0.2) is 9.78 Å². The third-order valence-electron chi connectivity index (χ3n) is 2.19. The number of carbonyl (C=O) groups excluding carboxylic acids is 1. The van der Waals surface area contributed by atoms with Crippen molar-refractivity contribution in [1.82, 2.24) is 10.3 Å². The van der Waals surface area contributed by atoms with Crippen molar-refractivity contribution in [2.45, 2.75) is 19.9 Å². The Morgan fingerprint density at radius 2 is 2.15 bits per heavy atom. The maximum atomic E-state index is 11.4. The molecule has 1 rings (SSSR count). The first-order valence-electron chi connectivity index (χ1n) is 5.72. The Labute approximate surface area is 114 Å². The van der Waals surface area contributed by atoms with E-state index in [0.29, 0.717) is 0 Å². The Kier molecular flexibility index (Phi) is 4.95. The third-order valence-corrected chi connectivity index (χ3v) is 2.19. The first kappa shape index (κ1) is 15.3. The standard InChI is InChI=1S/C11H14N4O5/c1-6(2)14-10(16)5-13-9-3-7(11(17)18)8(4-12-9)15(19)20/h3-4,6H,5H2,1-2H3,(H,12,13)(H,14,16)(H,17,18). The van der Waals surface area contributed by atoms with Gasteiger partial charge in [-0.1, -0.05) is 0 Å². The van der Waals surface area contributed by atoms with Crippen molar-refractivity contribution in [3.05, 3.63) is 27.9 Å². The van der Waals surface area contributed by atoms with E-state index in [0.717, 1.165) is 12.3 Å². The van der Waals surface area contributed by atoms with Gasteiger partial charge >= 0.3 is 11.7 Å². The molecule has 20 heavy (non-hydrogen) atoms. The molecule has 1 aromatic rings. The van der Waals surface area contributed by atoms with E-state index in [9.17, 15) is 19.7 Å². The highest BCUT2D eigenvalue weighted by Crippen LogP contribution is 2.19. The number of hydrogen-bond donors (Lipinski definition) is 3. The van der Waals surface area contributed by atoms with Gasteiger partial charge in [0, 0.05) is 12.1 Å². The second-order valence-corrected chi connectivity index (χ2v) is 4.22. The van der Waals surface area contributed by atoms with Crippen molar-refractivity contribution >= 4 is 23.4 Å². The van der Waals surface area contributed by atoms with Crippen LogP contribution in [0.3, 0.4) is 0 Å². The van der Waals surface area contributed by atoms with E-state index in [1.54, 1.807) is 13.8 Å². The number of rotatable bonds is 6. The molecule has 0 spiro atoms. The summed E-state index contributed by atoms with van der Waals surface area (Å²) in [5, 5.41) is 24.8. The summed E-state index contributed by atoms with van der Waals surface area (Å²) in [4.78, 5) is 35.8. The predicted octanol–water partition coefficient (Wildman–Crippen LogP) is 0.624. The van der Waals surface area contributed by atoms with Crippen LogP contribution in [0, 0.1) is 10.1 Å². The SMILES string of the molecule is CC(C)NC(=O)CNc1cc(C(=O)O)c([N+](=O)[O-])cn1. The van der Waals surface area contributed by atoms with Crippen molar-refractivity contribution in [3.63, 3.8) is 0 Å². The van der Waals surface area contributed by atoms with Crippen LogP contribution in [0.5, 0.6) is 0 Å². The van der Waals surface area contributed by atoms with Gasteiger partial charge in [-0.2, -0.15) is 0 Å². The summed E-state index contributed by atoms with van der Waals surface area (Å²) in [7, 11) is 0. The molecule has 0 saturated heterocycles. The lowest BCUT2D eigenvalue weighted by atomic mass is 10.2. The zero-order chi connectivity index (χ0) is 15.3. The molecule has 0 aliphatic heterocycles. The minimum Gasteiger partial charge on any atom is -0.477 e. The topological polar surface area (TPSA) is 134 Å². The number of carboxylic acid groups (broad SMARTS) is 1. The lowest BCUT2D eigenvalue weighted by Gasteiger charge is -2.09. The van der Waals surface area contributed by atoms with E-state index in [1.807, 2.05) is 0 Å². The molecule has 0 radical (unpaired) electrons. The van der Waals surface area contributed by atoms with Crippen LogP contribution in [0.1, 0.15) is 24.2 Å². The van der Waals surface area contributed by atoms with Crippen molar-refractivity contribution in [1.29, 1.82) is 0 Å². The van der Waals surface area contributed by atoms with Gasteiger partial charge in [0.25, 0.3) is 0 Å². The predicted molar refractivity (Wildman–Crippen MR) is 69.6 cm³/mol. The van der Waals surface area contributed by atoms with E-state index < -0.39 is 22.1 Å². The summed E-state index contributed by atoms with van der Waals surface area (Å²) in [5.41, 5.74) is -1.09. The second-order valence-electron chi connectivity index (χ2n) is 4.22. The lowest BCUT2D eigenvalue weighted by Crippen LogP contribution is -2.35. The van der Waals surface area contributed by atoms with Crippen LogP contribution in [-0.2, 0) is 4.79 Å². The Bertz CT molecular complexity index is 544. The van der Waals surface area contributed by atoms with E-state index >= 15 is 0 Å². The summed E-state index contributed by atoms with van der Waals surface area (Å²) in [6.07, 6.45) is 0.839. The number of amides is 1. The van der Waals surface area contributed by atoms with E-state index in [2.05, 4.69) is 15.6 Å². The molecule has 0 aromatic carbocycles. The molecule has 0 saturated carbocycles. The Hall–Kier alpha value is -2.71. The van der Waals surface area contributed by atoms with Gasteiger partial charge in [0.15, 0.2) is 0 Å². The van der Waals surface area contributed by atoms with Gasteiger partial charge < -0.3 is 15.7 Å². The van der Waals surface area contributed by atoms with Crippen LogP contribution in [0.25, 0.3) is 0 Å². The molecule has 1 aromatic heterocycles. The van der Waals surface area contributed by atoms with Crippen LogP contribution < -0.4 is 10.6 Å². The van der Waals surface area contributed by atoms with Crippen LogP contribution >= 0.6 is 0 Å². The van der Waals surface area contributed by atoms with Crippen LogP contribution in [0.2, 0.25) is 0 Å². The molecule has 0 bridgehead atoms. The van der Waals surface area contributed by atoms with Crippen LogP contribution in [0.4, 0.5) is 11.5 Å². The van der Waals surface area contributed by atoms with Gasteiger partial charge in [-0.15, -0.1) is 0 Å². The minimum atomic E-state index is -1.44. The van der Waals surface area contributed by atoms with E-state index in [1.165, 1.54) is 0 Å². The van der Waals surface area contributed by atoms with Gasteiger partial charge in [-0.05, 0) is 13.8 Å². The van der Waals surface area contributed by atoms with E-state index in [-0.39, 0.29) is 24.3 Å². The molecule has 0 fully saturated rings. The number of aromatic nitrogens is 1. The molecule has 0 aliphatic rings. The zero-order valence-electron chi connectivity index (χ0n) is 10.9. The Morgan fingerprint density at radius 3 is 2.65 bits per heavy atom. The van der Waals surface area contributed by atoms with Crippen LogP contribution in [-0.4, -0.2) is 39.5 Å². The maximum absolute atomic E-state index is 11.4. The monoisotopic (exact) mass is 282 g/mol. The number of carbonyl (C=O) groups is 2. The number of nitrogens with one attached hydrogen (secondary N) is 2. The molecule has 1 heterocycles. The summed E-state index contributed by atoms with van der Waals surface area (Å²) in [6.45, 7) is 3.48. The number of anilines is 1. The van der Waals surface area contributed by atoms with Crippen molar-refractivity contribution in [2.24, 2.45) is 0 Å². The van der Waals surface area contributed by atoms with Crippen molar-refractivity contribution < 1.29 is 19.6 Å². The van der Waals surface area contributed by atoms with Gasteiger partial charge in [0.2, 0.25) is 5.91 Å². The molecular weight excluding hydrogens is 268 g/mol. The maximum Gasteiger partial charge on any atom is 0.342 e. The van der Waals surface area contributed by atoms with Crippen molar-refractivity contribution in [2.75, 3.05) is 11.9 Å². The number of carboxylic acids is 1. The largest absolute Gasteiger partial charge is 0.477 e. The molecule has 1 amide bonds. The van der Waals surface area contributed by atoms with Gasteiger partial charge in [0.05, 0.1) is 11.5 Å². The highest BCUT2D eigenvalue weighted by Gasteiger charge is 2.21. The van der Waals surface area contributed by atoms with E-state index in [4.69, 9.17) is 5.11 Å². The summed E-state index contributed by atoms with van der Waals surface area (Å²) in [6, 6.07) is 0.993. The fraction of sp³-hybridized carbons (Fsp3) is 0.364. The second kappa shape index (κ2) is 6.45. The van der Waals surface area contributed by atoms with Crippen molar-refractivity contribution in [3.8, 4) is 0 Å². The third kappa shape index (κ3) is 4.19. The number of nitro groups is 1. The van der Waals surface area contributed by atoms with Crippen LogP contribution in [0.15, 0.2) is 12.3 Å². The summed E-state index contributed by atoms with van der Waals surface area (Å²) in [5.74, 6) is -1.65. The first-order chi connectivity index (χ1) is 9.31. The molecule has 9 heteroatoms. The lowest BCUT2D eigenvalue weighted by molar-refractivity contribution is -0.385. The number of hydrogen-bond acceptors (Lipinski definition) is 6. The van der Waals surface area contributed by atoms with Gasteiger partial charge in [-0.3, -0.25) is 14.9 Å². The summed E-state index contributed by atoms with van der Waals surface area (Å²) >= 11 is 0. The Morgan fingerprint density at radius 1 is 1.50 bits per heavy atom. The average Bonchev–Trinajstić information content (AvgIpc) is 2.35. The molecule has 0 atom stereocenters. The number of pyridine rings is 1. The number of nitrogens with zero attached hydrogens (tertiary/aromatic N) is 2. The molecule has 0 unspecified atom stereocenters. The molecule has 108 valence electrons. The fourth-order valence-corrected chi connectivity index (χ4v) is 1.41. The number of aromatic carboxylic acids is 1. The normalized spacial score (nSPS) is 10.2. The smallest absolute Gasteiger partial charge is 0.342 e. The average molecular weight is 282 g/mol. The first-order valence-corrected chi connectivity index (χ1v) is 5.72. The highest BCUT2D eigenvalue weighted by molar-refractivity contribution is 5.93. The molecule has 0 aliphatic carbocycles. The van der Waals surface area contributed by atoms with Gasteiger partial charge in [0.1, 0.15) is 17.6 Å².